The van der Waals surface area contributed by atoms with Crippen molar-refractivity contribution in [2.75, 3.05) is 36.0 Å². The Balaban J connectivity index is 1.38. The number of thioether (sulfide) groups is 1. The second-order valence-corrected chi connectivity index (χ2v) is 10.4. The molecule has 0 spiro atoms. The first-order valence-electron chi connectivity index (χ1n) is 12.7. The zero-order valence-corrected chi connectivity index (χ0v) is 22.6. The first-order valence-corrected chi connectivity index (χ1v) is 13.9. The second-order valence-electron chi connectivity index (χ2n) is 8.90. The van der Waals surface area contributed by atoms with E-state index in [-0.39, 0.29) is 18.4 Å². The van der Waals surface area contributed by atoms with Crippen molar-refractivity contribution in [3.63, 3.8) is 0 Å². The van der Waals surface area contributed by atoms with Gasteiger partial charge in [0.05, 0.1) is 10.6 Å². The number of carbonyl (C=O) groups excluding carboxylic acids is 2. The quantitative estimate of drug-likeness (QED) is 0.222. The van der Waals surface area contributed by atoms with Crippen LogP contribution in [0.4, 0.5) is 11.4 Å². The van der Waals surface area contributed by atoms with Gasteiger partial charge in [0.15, 0.2) is 0 Å². The number of unbranched alkanes of at least 4 members (excludes halogenated alkanes) is 1. The third-order valence-corrected chi connectivity index (χ3v) is 7.42. The summed E-state index contributed by atoms with van der Waals surface area (Å²) in [5.74, 6) is -0.356. The van der Waals surface area contributed by atoms with Crippen LogP contribution in [-0.4, -0.2) is 38.0 Å². The molecule has 1 heterocycles. The summed E-state index contributed by atoms with van der Waals surface area (Å²) in [6, 6.07) is 25.4. The number of nitrogens with zero attached hydrogens (tertiary/aromatic N) is 2. The highest BCUT2D eigenvalue weighted by atomic mass is 35.5. The summed E-state index contributed by atoms with van der Waals surface area (Å²) in [5.41, 5.74) is 2.80. The van der Waals surface area contributed by atoms with E-state index >= 15 is 0 Å². The molecule has 0 unspecified atom stereocenters. The van der Waals surface area contributed by atoms with Crippen molar-refractivity contribution in [3.05, 3.63) is 94.4 Å². The molecule has 0 atom stereocenters. The second kappa shape index (κ2) is 13.4. The molecule has 0 bridgehead atoms. The summed E-state index contributed by atoms with van der Waals surface area (Å²) >= 11 is 7.54. The fourth-order valence-corrected chi connectivity index (χ4v) is 5.48. The average Bonchev–Trinajstić information content (AvgIpc) is 2.91. The van der Waals surface area contributed by atoms with Crippen LogP contribution in [0.25, 0.3) is 6.08 Å². The maximum atomic E-state index is 13.4. The number of carbonyl (C=O) groups is 2. The molecule has 192 valence electrons. The molecule has 0 aromatic heterocycles. The number of anilines is 2. The standard InChI is InChI=1S/C30H32ClN3O2S/c1-2-3-18-33(25-13-5-4-6-14-25)19-10-17-32-29(35)22-34-26-15-7-8-16-27(26)37-28(30(34)36)21-23-11-9-12-24(31)20-23/h4-9,11-16,20-21H,2-3,10,17-19,22H2,1H3,(H,32,35). The van der Waals surface area contributed by atoms with Crippen LogP contribution in [0.15, 0.2) is 88.7 Å². The highest BCUT2D eigenvalue weighted by molar-refractivity contribution is 8.04. The zero-order valence-electron chi connectivity index (χ0n) is 21.0. The summed E-state index contributed by atoms with van der Waals surface area (Å²) in [7, 11) is 0. The molecule has 0 saturated carbocycles. The van der Waals surface area contributed by atoms with Crippen LogP contribution in [-0.2, 0) is 9.59 Å². The van der Waals surface area contributed by atoms with E-state index in [0.717, 1.165) is 48.5 Å². The number of hydrogen-bond acceptors (Lipinski definition) is 4. The number of halogens is 1. The first kappa shape index (κ1) is 26.8. The van der Waals surface area contributed by atoms with Gasteiger partial charge in [-0.2, -0.15) is 0 Å². The molecular formula is C30H32ClN3O2S. The lowest BCUT2D eigenvalue weighted by molar-refractivity contribution is -0.122. The minimum absolute atomic E-state index is 0.0263. The van der Waals surface area contributed by atoms with Crippen LogP contribution < -0.4 is 15.1 Å². The van der Waals surface area contributed by atoms with Gasteiger partial charge in [-0.1, -0.05) is 79.2 Å². The van der Waals surface area contributed by atoms with Crippen LogP contribution in [0.2, 0.25) is 5.02 Å². The van der Waals surface area contributed by atoms with Gasteiger partial charge in [0.2, 0.25) is 5.91 Å². The molecule has 3 aromatic carbocycles. The first-order chi connectivity index (χ1) is 18.0. The molecule has 0 aliphatic carbocycles. The Morgan fingerprint density at radius 2 is 1.76 bits per heavy atom. The molecule has 1 aliphatic heterocycles. The number of nitrogens with one attached hydrogen (secondary N) is 1. The maximum Gasteiger partial charge on any atom is 0.265 e. The summed E-state index contributed by atoms with van der Waals surface area (Å²) in [6.45, 7) is 4.57. The lowest BCUT2D eigenvalue weighted by atomic mass is 10.2. The molecule has 0 fully saturated rings. The molecule has 5 nitrogen and oxygen atoms in total. The van der Waals surface area contributed by atoms with Crippen LogP contribution in [0.1, 0.15) is 31.7 Å². The van der Waals surface area contributed by atoms with Crippen molar-refractivity contribution in [2.24, 2.45) is 0 Å². The molecule has 0 saturated heterocycles. The van der Waals surface area contributed by atoms with Crippen molar-refractivity contribution in [3.8, 4) is 0 Å². The lowest BCUT2D eigenvalue weighted by Gasteiger charge is -2.30. The largest absolute Gasteiger partial charge is 0.371 e. The number of fused-ring (bicyclic) bond motifs is 1. The van der Waals surface area contributed by atoms with Gasteiger partial charge < -0.3 is 10.2 Å². The van der Waals surface area contributed by atoms with Gasteiger partial charge >= 0.3 is 0 Å². The Labute approximate surface area is 228 Å². The topological polar surface area (TPSA) is 52.7 Å². The Morgan fingerprint density at radius 3 is 2.54 bits per heavy atom. The van der Waals surface area contributed by atoms with Gasteiger partial charge in [0.1, 0.15) is 6.54 Å². The minimum atomic E-state index is -0.186. The number of rotatable bonds is 11. The third kappa shape index (κ3) is 7.40. The summed E-state index contributed by atoms with van der Waals surface area (Å²) in [5, 5.41) is 3.62. The summed E-state index contributed by atoms with van der Waals surface area (Å²) < 4.78 is 0. The lowest BCUT2D eigenvalue weighted by Crippen LogP contribution is -2.43. The molecule has 1 aliphatic rings. The van der Waals surface area contributed by atoms with Crippen molar-refractivity contribution < 1.29 is 9.59 Å². The highest BCUT2D eigenvalue weighted by Crippen LogP contribution is 2.42. The molecular weight excluding hydrogens is 502 g/mol. The zero-order chi connectivity index (χ0) is 26.0. The van der Waals surface area contributed by atoms with Crippen LogP contribution in [0.3, 0.4) is 0 Å². The summed E-state index contributed by atoms with van der Waals surface area (Å²) in [6.07, 6.45) is 4.91. The fourth-order valence-electron chi connectivity index (χ4n) is 4.22. The van der Waals surface area contributed by atoms with Gasteiger partial charge in [-0.3, -0.25) is 14.5 Å². The van der Waals surface area contributed by atoms with E-state index in [0.29, 0.717) is 16.5 Å². The third-order valence-electron chi connectivity index (χ3n) is 6.11. The fraction of sp³-hybridized carbons (Fsp3) is 0.267. The van der Waals surface area contributed by atoms with E-state index in [9.17, 15) is 9.59 Å². The molecule has 1 N–H and O–H groups in total. The number of amides is 2. The van der Waals surface area contributed by atoms with E-state index in [2.05, 4.69) is 41.4 Å². The molecule has 2 amide bonds. The van der Waals surface area contributed by atoms with Crippen LogP contribution in [0.5, 0.6) is 0 Å². The minimum Gasteiger partial charge on any atom is -0.371 e. The van der Waals surface area contributed by atoms with Crippen molar-refractivity contribution in [1.82, 2.24) is 5.32 Å². The Morgan fingerprint density at radius 1 is 1.00 bits per heavy atom. The molecule has 4 rings (SSSR count). The molecule has 3 aromatic rings. The van der Waals surface area contributed by atoms with Gasteiger partial charge in [0, 0.05) is 35.2 Å². The highest BCUT2D eigenvalue weighted by Gasteiger charge is 2.30. The van der Waals surface area contributed by atoms with Gasteiger partial charge in [-0.15, -0.1) is 0 Å². The molecule has 37 heavy (non-hydrogen) atoms. The van der Waals surface area contributed by atoms with Gasteiger partial charge in [-0.25, -0.2) is 0 Å². The molecule has 7 heteroatoms. The van der Waals surface area contributed by atoms with E-state index < -0.39 is 0 Å². The van der Waals surface area contributed by atoms with Gasteiger partial charge in [0.25, 0.3) is 5.91 Å². The predicted octanol–water partition coefficient (Wildman–Crippen LogP) is 6.63. The smallest absolute Gasteiger partial charge is 0.265 e. The van der Waals surface area contributed by atoms with Crippen molar-refractivity contribution >= 4 is 52.6 Å². The van der Waals surface area contributed by atoms with Crippen molar-refractivity contribution in [2.45, 2.75) is 31.1 Å². The van der Waals surface area contributed by atoms with E-state index in [1.54, 1.807) is 11.0 Å². The Bertz CT molecular complexity index is 1250. The molecule has 0 radical (unpaired) electrons. The Hall–Kier alpha value is -3.22. The number of hydrogen-bond donors (Lipinski definition) is 1. The maximum absolute atomic E-state index is 13.4. The van der Waals surface area contributed by atoms with Crippen LogP contribution >= 0.6 is 23.4 Å². The predicted molar refractivity (Wildman–Crippen MR) is 155 cm³/mol. The normalized spacial score (nSPS) is 13.9. The number of para-hydroxylation sites is 2. The van der Waals surface area contributed by atoms with Gasteiger partial charge in [-0.05, 0) is 60.9 Å². The van der Waals surface area contributed by atoms with E-state index in [4.69, 9.17) is 11.6 Å². The monoisotopic (exact) mass is 533 g/mol. The average molecular weight is 534 g/mol. The SMILES string of the molecule is CCCCN(CCCNC(=O)CN1C(=O)C(=Cc2cccc(Cl)c2)Sc2ccccc21)c1ccccc1. The van der Waals surface area contributed by atoms with Crippen LogP contribution in [0, 0.1) is 0 Å². The van der Waals surface area contributed by atoms with E-state index in [1.165, 1.54) is 17.4 Å². The van der Waals surface area contributed by atoms with Crippen molar-refractivity contribution in [1.29, 1.82) is 0 Å². The van der Waals surface area contributed by atoms with E-state index in [1.807, 2.05) is 54.6 Å². The Kier molecular flexibility index (Phi) is 9.69. The number of benzene rings is 3. The summed E-state index contributed by atoms with van der Waals surface area (Å²) in [4.78, 5) is 31.7.